The molecule has 0 radical (unpaired) electrons. The van der Waals surface area contributed by atoms with Crippen LogP contribution < -0.4 is 4.74 Å². The van der Waals surface area contributed by atoms with Crippen LogP contribution in [0.2, 0.25) is 0 Å². The molecule has 0 spiro atoms. The summed E-state index contributed by atoms with van der Waals surface area (Å²) in [5, 5.41) is 18.1. The molecule has 1 heterocycles. The van der Waals surface area contributed by atoms with Gasteiger partial charge in [-0.3, -0.25) is 0 Å². The Balaban J connectivity index is 2.02. The number of methoxy groups -OCH3 is 1. The molecule has 0 unspecified atom stereocenters. The first kappa shape index (κ1) is 14.9. The Kier molecular flexibility index (Phi) is 4.67. The van der Waals surface area contributed by atoms with Crippen molar-refractivity contribution in [2.24, 2.45) is 0 Å². The van der Waals surface area contributed by atoms with Gasteiger partial charge in [-0.25, -0.2) is 0 Å². The summed E-state index contributed by atoms with van der Waals surface area (Å²) in [5.41, 5.74) is 0.236. The quantitative estimate of drug-likeness (QED) is 0.826. The molecule has 0 fully saturated rings. The number of para-hydroxylation sites is 1. The van der Waals surface area contributed by atoms with Gasteiger partial charge >= 0.3 is 0 Å². The monoisotopic (exact) mass is 294 g/mol. The van der Waals surface area contributed by atoms with Crippen LogP contribution in [0.15, 0.2) is 33.9 Å². The maximum absolute atomic E-state index is 9.66. The van der Waals surface area contributed by atoms with Crippen molar-refractivity contribution >= 4 is 11.8 Å². The van der Waals surface area contributed by atoms with Gasteiger partial charge < -0.3 is 14.3 Å². The molecule has 0 aliphatic heterocycles. The molecule has 6 heteroatoms. The van der Waals surface area contributed by atoms with E-state index in [4.69, 9.17) is 9.15 Å². The van der Waals surface area contributed by atoms with Crippen LogP contribution in [-0.2, 0) is 6.42 Å². The summed E-state index contributed by atoms with van der Waals surface area (Å²) in [5.74, 6) is 1.84. The molecule has 2 aromatic rings. The molecule has 5 nitrogen and oxygen atoms in total. The molecule has 0 aliphatic rings. The summed E-state index contributed by atoms with van der Waals surface area (Å²) in [6.07, 6.45) is 0.528. The van der Waals surface area contributed by atoms with Crippen molar-refractivity contribution in [3.8, 4) is 5.75 Å². The average Bonchev–Trinajstić information content (AvgIpc) is 2.84. The molecule has 108 valence electrons. The lowest BCUT2D eigenvalue weighted by Gasteiger charge is -2.13. The first-order valence-corrected chi connectivity index (χ1v) is 7.26. The van der Waals surface area contributed by atoms with E-state index >= 15 is 0 Å². The van der Waals surface area contributed by atoms with E-state index in [1.807, 2.05) is 24.3 Å². The van der Waals surface area contributed by atoms with Gasteiger partial charge in [0.15, 0.2) is 0 Å². The molecule has 0 saturated heterocycles. The molecule has 2 rings (SSSR count). The van der Waals surface area contributed by atoms with Crippen LogP contribution in [0.1, 0.15) is 25.3 Å². The zero-order chi connectivity index (χ0) is 14.6. The van der Waals surface area contributed by atoms with E-state index in [-0.39, 0.29) is 0 Å². The smallest absolute Gasteiger partial charge is 0.276 e. The lowest BCUT2D eigenvalue weighted by Crippen LogP contribution is -2.21. The van der Waals surface area contributed by atoms with E-state index in [2.05, 4.69) is 10.2 Å². The van der Waals surface area contributed by atoms with Crippen LogP contribution in [0, 0.1) is 0 Å². The SMILES string of the molecule is COc1ccccc1Cc1nnc(SCC(C)(C)O)o1. The Bertz CT molecular complexity index is 564. The van der Waals surface area contributed by atoms with Gasteiger partial charge in [-0.05, 0) is 19.9 Å². The summed E-state index contributed by atoms with van der Waals surface area (Å²) in [6, 6.07) is 7.72. The lowest BCUT2D eigenvalue weighted by atomic mass is 10.1. The molecule has 1 aromatic carbocycles. The minimum atomic E-state index is -0.762. The third-order valence-corrected chi connectivity index (χ3v) is 3.79. The summed E-state index contributed by atoms with van der Waals surface area (Å²) in [4.78, 5) is 0. The molecule has 0 bridgehead atoms. The Morgan fingerprint density at radius 2 is 2.05 bits per heavy atom. The highest BCUT2D eigenvalue weighted by molar-refractivity contribution is 7.99. The Morgan fingerprint density at radius 3 is 2.75 bits per heavy atom. The number of hydrogen-bond acceptors (Lipinski definition) is 6. The third kappa shape index (κ3) is 4.25. The normalized spacial score (nSPS) is 11.6. The highest BCUT2D eigenvalue weighted by Gasteiger charge is 2.16. The number of ether oxygens (including phenoxy) is 1. The van der Waals surface area contributed by atoms with Crippen molar-refractivity contribution in [2.75, 3.05) is 12.9 Å². The molecule has 0 saturated carbocycles. The zero-order valence-corrected chi connectivity index (χ0v) is 12.6. The second-order valence-electron chi connectivity index (χ2n) is 5.05. The van der Waals surface area contributed by atoms with Crippen molar-refractivity contribution in [1.82, 2.24) is 10.2 Å². The van der Waals surface area contributed by atoms with Gasteiger partial charge in [-0.1, -0.05) is 30.0 Å². The van der Waals surface area contributed by atoms with Gasteiger partial charge in [0.05, 0.1) is 19.1 Å². The molecule has 0 amide bonds. The second kappa shape index (κ2) is 6.28. The summed E-state index contributed by atoms with van der Waals surface area (Å²) in [6.45, 7) is 3.48. The zero-order valence-electron chi connectivity index (χ0n) is 11.8. The topological polar surface area (TPSA) is 68.4 Å². The molecular formula is C14H18N2O3S. The Morgan fingerprint density at radius 1 is 1.30 bits per heavy atom. The van der Waals surface area contributed by atoms with Crippen LogP contribution in [0.5, 0.6) is 5.75 Å². The highest BCUT2D eigenvalue weighted by Crippen LogP contribution is 2.24. The van der Waals surface area contributed by atoms with Crippen molar-refractivity contribution in [3.05, 3.63) is 35.7 Å². The van der Waals surface area contributed by atoms with Crippen LogP contribution in [-0.4, -0.2) is 33.8 Å². The minimum Gasteiger partial charge on any atom is -0.496 e. The fourth-order valence-corrected chi connectivity index (χ4v) is 2.35. The lowest BCUT2D eigenvalue weighted by molar-refractivity contribution is 0.106. The van der Waals surface area contributed by atoms with Gasteiger partial charge in [0, 0.05) is 11.3 Å². The first-order chi connectivity index (χ1) is 9.48. The maximum Gasteiger partial charge on any atom is 0.276 e. The van der Waals surface area contributed by atoms with Gasteiger partial charge in [0.2, 0.25) is 5.89 Å². The van der Waals surface area contributed by atoms with Crippen LogP contribution in [0.25, 0.3) is 0 Å². The van der Waals surface area contributed by atoms with Crippen LogP contribution >= 0.6 is 11.8 Å². The van der Waals surface area contributed by atoms with Crippen molar-refractivity contribution < 1.29 is 14.3 Å². The number of aromatic nitrogens is 2. The number of thioether (sulfide) groups is 1. The van der Waals surface area contributed by atoms with E-state index in [0.717, 1.165) is 11.3 Å². The Hall–Kier alpha value is -1.53. The largest absolute Gasteiger partial charge is 0.496 e. The van der Waals surface area contributed by atoms with Crippen molar-refractivity contribution in [2.45, 2.75) is 31.1 Å². The minimum absolute atomic E-state index is 0.469. The fraction of sp³-hybridized carbons (Fsp3) is 0.429. The van der Waals surface area contributed by atoms with Crippen LogP contribution in [0.3, 0.4) is 0 Å². The summed E-state index contributed by atoms with van der Waals surface area (Å²) >= 11 is 1.35. The molecule has 20 heavy (non-hydrogen) atoms. The number of rotatable bonds is 6. The van der Waals surface area contributed by atoms with E-state index in [0.29, 0.717) is 23.3 Å². The predicted molar refractivity (Wildman–Crippen MR) is 77.1 cm³/mol. The maximum atomic E-state index is 9.66. The number of benzene rings is 1. The Labute approximate surface area is 122 Å². The molecule has 0 aliphatic carbocycles. The number of nitrogens with zero attached hydrogens (tertiary/aromatic N) is 2. The number of hydrogen-bond donors (Lipinski definition) is 1. The molecule has 1 N–H and O–H groups in total. The third-order valence-electron chi connectivity index (χ3n) is 2.53. The molecule has 1 aromatic heterocycles. The second-order valence-corrected chi connectivity index (χ2v) is 5.98. The average molecular weight is 294 g/mol. The summed E-state index contributed by atoms with van der Waals surface area (Å²) in [7, 11) is 1.64. The standard InChI is InChI=1S/C14H18N2O3S/c1-14(2,17)9-20-13-16-15-12(19-13)8-10-6-4-5-7-11(10)18-3/h4-7,17H,8-9H2,1-3H3. The highest BCUT2D eigenvalue weighted by atomic mass is 32.2. The van der Waals surface area contributed by atoms with Crippen molar-refractivity contribution in [1.29, 1.82) is 0 Å². The van der Waals surface area contributed by atoms with E-state index < -0.39 is 5.60 Å². The molecular weight excluding hydrogens is 276 g/mol. The van der Waals surface area contributed by atoms with Gasteiger partial charge in [-0.2, -0.15) is 0 Å². The van der Waals surface area contributed by atoms with Gasteiger partial charge in [0.1, 0.15) is 5.75 Å². The fourth-order valence-electron chi connectivity index (χ4n) is 1.62. The van der Waals surface area contributed by atoms with E-state index in [1.165, 1.54) is 11.8 Å². The van der Waals surface area contributed by atoms with Crippen molar-refractivity contribution in [3.63, 3.8) is 0 Å². The van der Waals surface area contributed by atoms with Gasteiger partial charge in [0.25, 0.3) is 5.22 Å². The molecule has 0 atom stereocenters. The number of aliphatic hydroxyl groups is 1. The van der Waals surface area contributed by atoms with E-state index in [1.54, 1.807) is 21.0 Å². The predicted octanol–water partition coefficient (Wildman–Crippen LogP) is 2.53. The van der Waals surface area contributed by atoms with Gasteiger partial charge in [-0.15, -0.1) is 10.2 Å². The first-order valence-electron chi connectivity index (χ1n) is 6.27. The summed E-state index contributed by atoms with van der Waals surface area (Å²) < 4.78 is 10.8. The van der Waals surface area contributed by atoms with E-state index in [9.17, 15) is 5.11 Å². The van der Waals surface area contributed by atoms with Crippen LogP contribution in [0.4, 0.5) is 0 Å².